The summed E-state index contributed by atoms with van der Waals surface area (Å²) in [6, 6.07) is 1.61. The molecule has 9 heteroatoms. The van der Waals surface area contributed by atoms with Crippen molar-refractivity contribution in [3.05, 3.63) is 29.4 Å². The Morgan fingerprint density at radius 2 is 2.19 bits per heavy atom. The van der Waals surface area contributed by atoms with Crippen molar-refractivity contribution in [2.45, 2.75) is 38.3 Å². The van der Waals surface area contributed by atoms with E-state index < -0.39 is 10.0 Å². The van der Waals surface area contributed by atoms with Gasteiger partial charge in [0.05, 0.1) is 23.6 Å². The van der Waals surface area contributed by atoms with E-state index in [4.69, 9.17) is 0 Å². The van der Waals surface area contributed by atoms with Crippen LogP contribution >= 0.6 is 0 Å². The maximum absolute atomic E-state index is 12.4. The fraction of sp³-hybridized carbons (Fsp3) is 0.500. The Labute approximate surface area is 123 Å². The van der Waals surface area contributed by atoms with Gasteiger partial charge in [-0.05, 0) is 19.9 Å². The van der Waals surface area contributed by atoms with Crippen molar-refractivity contribution >= 4 is 10.0 Å². The van der Waals surface area contributed by atoms with Crippen LogP contribution in [0.2, 0.25) is 0 Å². The molecular weight excluding hydrogens is 294 g/mol. The molecule has 0 radical (unpaired) electrons. The summed E-state index contributed by atoms with van der Waals surface area (Å²) in [5, 5.41) is 13.6. The molecule has 0 spiro atoms. The summed E-state index contributed by atoms with van der Waals surface area (Å²) in [5.74, 6) is 0. The van der Waals surface area contributed by atoms with Crippen LogP contribution in [0.4, 0.5) is 0 Å². The summed E-state index contributed by atoms with van der Waals surface area (Å²) in [5.41, 5.74) is 1.51. The van der Waals surface area contributed by atoms with Crippen molar-refractivity contribution in [2.24, 2.45) is 0 Å². The number of rotatable bonds is 8. The van der Waals surface area contributed by atoms with Crippen molar-refractivity contribution in [2.75, 3.05) is 6.54 Å². The Morgan fingerprint density at radius 1 is 1.38 bits per heavy atom. The van der Waals surface area contributed by atoms with Crippen LogP contribution in [0.5, 0.6) is 0 Å². The first-order chi connectivity index (χ1) is 10.0. The highest BCUT2D eigenvalue weighted by molar-refractivity contribution is 7.89. The van der Waals surface area contributed by atoms with Gasteiger partial charge in [0.15, 0.2) is 0 Å². The maximum atomic E-state index is 12.4. The van der Waals surface area contributed by atoms with Crippen LogP contribution in [0.15, 0.2) is 21.7 Å². The Morgan fingerprint density at radius 3 is 2.86 bits per heavy atom. The average Bonchev–Trinajstić information content (AvgIpc) is 3.07. The van der Waals surface area contributed by atoms with E-state index in [0.717, 1.165) is 13.0 Å². The van der Waals surface area contributed by atoms with Gasteiger partial charge < -0.3 is 9.84 Å². The van der Waals surface area contributed by atoms with E-state index in [0.29, 0.717) is 23.6 Å². The lowest BCUT2D eigenvalue weighted by molar-refractivity contribution is 0.411. The van der Waals surface area contributed by atoms with E-state index in [-0.39, 0.29) is 11.4 Å². The zero-order chi connectivity index (χ0) is 15.3. The molecule has 0 unspecified atom stereocenters. The van der Waals surface area contributed by atoms with Crippen LogP contribution in [0.1, 0.15) is 30.4 Å². The molecule has 2 aromatic rings. The largest absolute Gasteiger partial charge is 0.364 e. The lowest BCUT2D eigenvalue weighted by atomic mass is 10.3. The van der Waals surface area contributed by atoms with E-state index in [2.05, 4.69) is 29.9 Å². The zero-order valence-corrected chi connectivity index (χ0v) is 12.8. The average molecular weight is 313 g/mol. The highest BCUT2D eigenvalue weighted by Gasteiger charge is 2.24. The van der Waals surface area contributed by atoms with E-state index in [1.807, 2.05) is 6.92 Å². The van der Waals surface area contributed by atoms with Gasteiger partial charge in [-0.15, -0.1) is 0 Å². The van der Waals surface area contributed by atoms with Crippen LogP contribution in [-0.4, -0.2) is 30.3 Å². The SMILES string of the molecule is CCCNCc1n[nH]c(C)c1S(=O)(=O)NCc1ccon1. The molecule has 21 heavy (non-hydrogen) atoms. The van der Waals surface area contributed by atoms with Crippen LogP contribution in [0, 0.1) is 6.92 Å². The first kappa shape index (κ1) is 15.7. The Bertz CT molecular complexity index is 663. The second-order valence-corrected chi connectivity index (χ2v) is 6.32. The molecule has 0 aliphatic heterocycles. The predicted octanol–water partition coefficient (Wildman–Crippen LogP) is 0.684. The van der Waals surface area contributed by atoms with Gasteiger partial charge in [0.2, 0.25) is 10.0 Å². The van der Waals surface area contributed by atoms with E-state index in [1.165, 1.54) is 6.26 Å². The third kappa shape index (κ3) is 3.90. The summed E-state index contributed by atoms with van der Waals surface area (Å²) < 4.78 is 32.0. The number of aromatic nitrogens is 3. The fourth-order valence-electron chi connectivity index (χ4n) is 1.90. The number of aryl methyl sites for hydroxylation is 1. The number of hydrogen-bond donors (Lipinski definition) is 3. The van der Waals surface area contributed by atoms with Gasteiger partial charge in [0.1, 0.15) is 11.2 Å². The topological polar surface area (TPSA) is 113 Å². The number of aromatic amines is 1. The third-order valence-electron chi connectivity index (χ3n) is 2.88. The quantitative estimate of drug-likeness (QED) is 0.618. The molecule has 3 N–H and O–H groups in total. The van der Waals surface area contributed by atoms with E-state index in [1.54, 1.807) is 13.0 Å². The molecule has 0 saturated carbocycles. The van der Waals surface area contributed by atoms with Crippen molar-refractivity contribution in [3.63, 3.8) is 0 Å². The minimum Gasteiger partial charge on any atom is -0.364 e. The number of sulfonamides is 1. The van der Waals surface area contributed by atoms with Crippen molar-refractivity contribution in [1.82, 2.24) is 25.4 Å². The molecule has 0 bridgehead atoms. The van der Waals surface area contributed by atoms with Crippen LogP contribution in [0.25, 0.3) is 0 Å². The lowest BCUT2D eigenvalue weighted by Crippen LogP contribution is -2.26. The van der Waals surface area contributed by atoms with Gasteiger partial charge in [-0.2, -0.15) is 5.10 Å². The molecule has 2 rings (SSSR count). The van der Waals surface area contributed by atoms with Crippen molar-refractivity contribution in [3.8, 4) is 0 Å². The van der Waals surface area contributed by atoms with Gasteiger partial charge in [0.25, 0.3) is 0 Å². The second kappa shape index (κ2) is 6.83. The minimum absolute atomic E-state index is 0.0747. The normalized spacial score (nSPS) is 11.9. The first-order valence-corrected chi connectivity index (χ1v) is 8.16. The molecule has 0 fully saturated rings. The van der Waals surface area contributed by atoms with Gasteiger partial charge in [-0.3, -0.25) is 5.10 Å². The second-order valence-electron chi connectivity index (χ2n) is 4.62. The Balaban J connectivity index is 2.13. The van der Waals surface area contributed by atoms with Crippen LogP contribution in [-0.2, 0) is 23.1 Å². The molecular formula is C12H19N5O3S. The van der Waals surface area contributed by atoms with Gasteiger partial charge in [-0.25, -0.2) is 13.1 Å². The molecule has 2 heterocycles. The maximum Gasteiger partial charge on any atom is 0.244 e. The predicted molar refractivity (Wildman–Crippen MR) is 75.9 cm³/mol. The summed E-state index contributed by atoms with van der Waals surface area (Å²) >= 11 is 0. The summed E-state index contributed by atoms with van der Waals surface area (Å²) in [6.45, 7) is 5.00. The summed E-state index contributed by atoms with van der Waals surface area (Å²) in [7, 11) is -3.66. The number of hydrogen-bond acceptors (Lipinski definition) is 6. The fourth-order valence-corrected chi connectivity index (χ4v) is 3.26. The standard InChI is InChI=1S/C12H19N5O3S/c1-3-5-13-8-11-12(9(2)15-16-11)21(18,19)14-7-10-4-6-20-17-10/h4,6,13-14H,3,5,7-8H2,1-2H3,(H,15,16). The highest BCUT2D eigenvalue weighted by atomic mass is 32.2. The van der Waals surface area contributed by atoms with Gasteiger partial charge >= 0.3 is 0 Å². The molecule has 2 aromatic heterocycles. The summed E-state index contributed by atoms with van der Waals surface area (Å²) in [6.07, 6.45) is 2.36. The molecule has 0 aromatic carbocycles. The number of nitrogens with zero attached hydrogens (tertiary/aromatic N) is 2. The first-order valence-electron chi connectivity index (χ1n) is 6.68. The highest BCUT2D eigenvalue weighted by Crippen LogP contribution is 2.17. The Hall–Kier alpha value is -1.71. The summed E-state index contributed by atoms with van der Waals surface area (Å²) in [4.78, 5) is 0.189. The molecule has 0 saturated heterocycles. The lowest BCUT2D eigenvalue weighted by Gasteiger charge is -2.07. The zero-order valence-electron chi connectivity index (χ0n) is 12.0. The molecule has 116 valence electrons. The van der Waals surface area contributed by atoms with Gasteiger partial charge in [0, 0.05) is 12.6 Å². The van der Waals surface area contributed by atoms with E-state index in [9.17, 15) is 8.42 Å². The van der Waals surface area contributed by atoms with Crippen molar-refractivity contribution < 1.29 is 12.9 Å². The van der Waals surface area contributed by atoms with Crippen LogP contribution in [0.3, 0.4) is 0 Å². The third-order valence-corrected chi connectivity index (χ3v) is 4.49. The molecule has 0 aliphatic rings. The molecule has 8 nitrogen and oxygen atoms in total. The molecule has 0 atom stereocenters. The van der Waals surface area contributed by atoms with Crippen LogP contribution < -0.4 is 10.0 Å². The smallest absolute Gasteiger partial charge is 0.244 e. The Kier molecular flexibility index (Phi) is 5.10. The number of nitrogens with one attached hydrogen (secondary N) is 3. The van der Waals surface area contributed by atoms with E-state index >= 15 is 0 Å². The molecule has 0 amide bonds. The number of H-pyrrole nitrogens is 1. The molecule has 0 aliphatic carbocycles. The van der Waals surface area contributed by atoms with Crippen molar-refractivity contribution in [1.29, 1.82) is 0 Å². The minimum atomic E-state index is -3.66. The monoisotopic (exact) mass is 313 g/mol. The van der Waals surface area contributed by atoms with Gasteiger partial charge in [-0.1, -0.05) is 12.1 Å².